The van der Waals surface area contributed by atoms with Crippen LogP contribution in [0.5, 0.6) is 0 Å². The Labute approximate surface area is 112 Å². The second kappa shape index (κ2) is 7.70. The summed E-state index contributed by atoms with van der Waals surface area (Å²) < 4.78 is 0. The van der Waals surface area contributed by atoms with Gasteiger partial charge in [0.1, 0.15) is 6.29 Å². The predicted molar refractivity (Wildman–Crippen MR) is 72.9 cm³/mol. The molecular weight excluding hydrogens is 257 g/mol. The van der Waals surface area contributed by atoms with Gasteiger partial charge in [0.05, 0.1) is 10.0 Å². The van der Waals surface area contributed by atoms with E-state index in [0.29, 0.717) is 21.7 Å². The molecule has 0 aromatic heterocycles. The van der Waals surface area contributed by atoms with Crippen LogP contribution in [0.3, 0.4) is 0 Å². The molecule has 4 heteroatoms. The summed E-state index contributed by atoms with van der Waals surface area (Å²) in [6, 6.07) is 5.26. The van der Waals surface area contributed by atoms with Crippen molar-refractivity contribution in [3.8, 4) is 0 Å². The first-order chi connectivity index (χ1) is 8.13. The normalized spacial score (nSPS) is 15.9. The highest BCUT2D eigenvalue weighted by Crippen LogP contribution is 2.21. The topological polar surface area (TPSA) is 43.1 Å². The summed E-state index contributed by atoms with van der Waals surface area (Å²) in [4.78, 5) is 10.2. The fourth-order valence-corrected chi connectivity index (χ4v) is 2.03. The molecule has 0 atom stereocenters. The molecule has 1 aliphatic carbocycles. The minimum absolute atomic E-state index is 0.409. The van der Waals surface area contributed by atoms with Crippen molar-refractivity contribution in [2.45, 2.75) is 38.1 Å². The lowest BCUT2D eigenvalue weighted by Crippen LogP contribution is -2.22. The first kappa shape index (κ1) is 14.5. The SMILES string of the molecule is NC1CCCCC1.O=Cc1ccc(Cl)c(Cl)c1. The van der Waals surface area contributed by atoms with Crippen LogP contribution in [0.4, 0.5) is 0 Å². The molecular formula is C13H17Cl2NO. The largest absolute Gasteiger partial charge is 0.328 e. The molecule has 0 saturated heterocycles. The summed E-state index contributed by atoms with van der Waals surface area (Å²) in [6.45, 7) is 0. The number of carbonyl (C=O) groups excluding carboxylic acids is 1. The monoisotopic (exact) mass is 273 g/mol. The van der Waals surface area contributed by atoms with Gasteiger partial charge in [-0.05, 0) is 25.0 Å². The Bertz CT molecular complexity index is 362. The quantitative estimate of drug-likeness (QED) is 0.784. The van der Waals surface area contributed by atoms with E-state index in [9.17, 15) is 4.79 Å². The fourth-order valence-electron chi connectivity index (χ4n) is 1.72. The maximum absolute atomic E-state index is 10.2. The van der Waals surface area contributed by atoms with Crippen LogP contribution in [0.2, 0.25) is 10.0 Å². The van der Waals surface area contributed by atoms with E-state index in [2.05, 4.69) is 0 Å². The third kappa shape index (κ3) is 5.53. The van der Waals surface area contributed by atoms with Crippen molar-refractivity contribution in [2.75, 3.05) is 0 Å². The van der Waals surface area contributed by atoms with Gasteiger partial charge in [0.2, 0.25) is 0 Å². The first-order valence-electron chi connectivity index (χ1n) is 5.79. The number of aldehydes is 1. The highest BCUT2D eigenvalue weighted by atomic mass is 35.5. The zero-order valence-electron chi connectivity index (χ0n) is 9.66. The molecule has 2 nitrogen and oxygen atoms in total. The molecule has 1 aromatic carbocycles. The van der Waals surface area contributed by atoms with E-state index in [1.54, 1.807) is 12.1 Å². The molecule has 1 aliphatic rings. The van der Waals surface area contributed by atoms with Gasteiger partial charge in [-0.3, -0.25) is 4.79 Å². The molecule has 2 N–H and O–H groups in total. The predicted octanol–water partition coefficient (Wildman–Crippen LogP) is 4.08. The van der Waals surface area contributed by atoms with E-state index in [1.165, 1.54) is 38.2 Å². The van der Waals surface area contributed by atoms with E-state index in [0.717, 1.165) is 6.29 Å². The van der Waals surface area contributed by atoms with Gasteiger partial charge in [-0.1, -0.05) is 48.5 Å². The van der Waals surface area contributed by atoms with E-state index in [4.69, 9.17) is 28.9 Å². The fraction of sp³-hybridized carbons (Fsp3) is 0.462. The molecule has 1 aromatic rings. The smallest absolute Gasteiger partial charge is 0.150 e. The molecule has 17 heavy (non-hydrogen) atoms. The minimum atomic E-state index is 0.409. The molecule has 0 spiro atoms. The molecule has 1 fully saturated rings. The van der Waals surface area contributed by atoms with Gasteiger partial charge < -0.3 is 5.73 Å². The number of hydrogen-bond acceptors (Lipinski definition) is 2. The molecule has 0 bridgehead atoms. The maximum atomic E-state index is 10.2. The Hall–Kier alpha value is -0.570. The molecule has 0 unspecified atom stereocenters. The van der Waals surface area contributed by atoms with Crippen molar-refractivity contribution >= 4 is 29.5 Å². The Morgan fingerprint density at radius 2 is 1.76 bits per heavy atom. The maximum Gasteiger partial charge on any atom is 0.150 e. The van der Waals surface area contributed by atoms with Gasteiger partial charge in [-0.2, -0.15) is 0 Å². The number of carbonyl (C=O) groups is 1. The van der Waals surface area contributed by atoms with Crippen LogP contribution in [0.15, 0.2) is 18.2 Å². The summed E-state index contributed by atoms with van der Waals surface area (Å²) >= 11 is 11.2. The average Bonchev–Trinajstić information content (AvgIpc) is 2.34. The third-order valence-corrected chi connectivity index (χ3v) is 3.47. The average molecular weight is 274 g/mol. The lowest BCUT2D eigenvalue weighted by molar-refractivity contribution is 0.112. The van der Waals surface area contributed by atoms with E-state index in [1.807, 2.05) is 0 Å². The second-order valence-electron chi connectivity index (χ2n) is 4.19. The summed E-state index contributed by atoms with van der Waals surface area (Å²) in [5, 5.41) is 0.874. The van der Waals surface area contributed by atoms with E-state index >= 15 is 0 Å². The van der Waals surface area contributed by atoms with Gasteiger partial charge in [0.25, 0.3) is 0 Å². The van der Waals surface area contributed by atoms with Crippen LogP contribution < -0.4 is 5.73 Å². The van der Waals surface area contributed by atoms with Crippen molar-refractivity contribution in [3.63, 3.8) is 0 Å². The molecule has 0 heterocycles. The lowest BCUT2D eigenvalue weighted by atomic mass is 9.97. The summed E-state index contributed by atoms with van der Waals surface area (Å²) in [6.07, 6.45) is 7.39. The minimum Gasteiger partial charge on any atom is -0.328 e. The van der Waals surface area contributed by atoms with Crippen LogP contribution in [0.1, 0.15) is 42.5 Å². The van der Waals surface area contributed by atoms with Crippen LogP contribution in [0.25, 0.3) is 0 Å². The Morgan fingerprint density at radius 1 is 1.12 bits per heavy atom. The highest BCUT2D eigenvalue weighted by Gasteiger charge is 2.06. The number of rotatable bonds is 1. The Kier molecular flexibility index (Phi) is 6.56. The van der Waals surface area contributed by atoms with Crippen LogP contribution in [-0.2, 0) is 0 Å². The van der Waals surface area contributed by atoms with Crippen molar-refractivity contribution in [2.24, 2.45) is 5.73 Å². The Morgan fingerprint density at radius 3 is 2.18 bits per heavy atom. The third-order valence-electron chi connectivity index (χ3n) is 2.73. The molecule has 94 valence electrons. The molecule has 0 amide bonds. The summed E-state index contributed by atoms with van der Waals surface area (Å²) in [5.74, 6) is 0. The van der Waals surface area contributed by atoms with Crippen LogP contribution >= 0.6 is 23.2 Å². The summed E-state index contributed by atoms with van der Waals surface area (Å²) in [7, 11) is 0. The highest BCUT2D eigenvalue weighted by molar-refractivity contribution is 6.42. The standard InChI is InChI=1S/C7H4Cl2O.C6H13N/c8-6-2-1-5(4-10)3-7(6)9;7-6-4-2-1-3-5-6/h1-4H;6H,1-5,7H2. The second-order valence-corrected chi connectivity index (χ2v) is 5.00. The number of halogens is 2. The van der Waals surface area contributed by atoms with Gasteiger partial charge in [0.15, 0.2) is 0 Å². The van der Waals surface area contributed by atoms with Crippen LogP contribution in [-0.4, -0.2) is 12.3 Å². The molecule has 2 rings (SSSR count). The number of nitrogens with two attached hydrogens (primary N) is 1. The zero-order valence-corrected chi connectivity index (χ0v) is 11.2. The lowest BCUT2D eigenvalue weighted by Gasteiger charge is -2.15. The van der Waals surface area contributed by atoms with Crippen molar-refractivity contribution in [1.29, 1.82) is 0 Å². The van der Waals surface area contributed by atoms with Crippen molar-refractivity contribution < 1.29 is 4.79 Å². The number of hydrogen-bond donors (Lipinski definition) is 1. The molecule has 1 saturated carbocycles. The van der Waals surface area contributed by atoms with Crippen LogP contribution in [0, 0.1) is 0 Å². The number of benzene rings is 1. The molecule has 0 radical (unpaired) electrons. The van der Waals surface area contributed by atoms with Crippen molar-refractivity contribution in [1.82, 2.24) is 0 Å². The van der Waals surface area contributed by atoms with E-state index in [-0.39, 0.29) is 0 Å². The van der Waals surface area contributed by atoms with Gasteiger partial charge in [-0.15, -0.1) is 0 Å². The van der Waals surface area contributed by atoms with Gasteiger partial charge >= 0.3 is 0 Å². The van der Waals surface area contributed by atoms with Gasteiger partial charge in [-0.25, -0.2) is 0 Å². The first-order valence-corrected chi connectivity index (χ1v) is 6.55. The Balaban J connectivity index is 0.000000181. The summed E-state index contributed by atoms with van der Waals surface area (Å²) in [5.41, 5.74) is 6.17. The van der Waals surface area contributed by atoms with Crippen molar-refractivity contribution in [3.05, 3.63) is 33.8 Å². The van der Waals surface area contributed by atoms with Gasteiger partial charge in [0, 0.05) is 11.6 Å². The van der Waals surface area contributed by atoms with E-state index < -0.39 is 0 Å². The molecule has 0 aliphatic heterocycles. The zero-order chi connectivity index (χ0) is 12.7.